The number of nitrogens with one attached hydrogen (secondary N) is 1. The Hall–Kier alpha value is -2.77. The average molecular weight is 401 g/mol. The molecule has 0 bridgehead atoms. The molecule has 5 nitrogen and oxygen atoms in total. The molecule has 4 rings (SSSR count). The highest BCUT2D eigenvalue weighted by molar-refractivity contribution is 5.86. The minimum absolute atomic E-state index is 0.00716. The predicted octanol–water partition coefficient (Wildman–Crippen LogP) is 4.08. The zero-order chi connectivity index (χ0) is 20.7. The zero-order valence-corrected chi connectivity index (χ0v) is 16.5. The molecule has 0 amide bonds. The fraction of sp³-hybridized carbons (Fsp3) is 0.318. The number of aromatic nitrogens is 1. The van der Waals surface area contributed by atoms with Gasteiger partial charge >= 0.3 is 0 Å². The van der Waals surface area contributed by atoms with Gasteiger partial charge in [-0.15, -0.1) is 0 Å². The topological polar surface area (TPSA) is 54.6 Å². The van der Waals surface area contributed by atoms with Gasteiger partial charge in [-0.05, 0) is 49.2 Å². The second kappa shape index (κ2) is 7.57. The molecule has 1 aromatic heterocycles. The maximum Gasteiger partial charge on any atom is 0.256 e. The number of likely N-dealkylation sites (N-methyl/N-ethyl adjacent to an activating group) is 1. The smallest absolute Gasteiger partial charge is 0.256 e. The van der Waals surface area contributed by atoms with Gasteiger partial charge in [0.1, 0.15) is 5.75 Å². The van der Waals surface area contributed by atoms with Gasteiger partial charge in [0, 0.05) is 17.3 Å². The van der Waals surface area contributed by atoms with Crippen molar-refractivity contribution in [2.75, 3.05) is 20.8 Å². The van der Waals surface area contributed by atoms with E-state index in [4.69, 9.17) is 9.47 Å². The van der Waals surface area contributed by atoms with Crippen LogP contribution in [0.5, 0.6) is 5.75 Å². The third-order valence-corrected chi connectivity index (χ3v) is 5.74. The van der Waals surface area contributed by atoms with Crippen LogP contribution in [0.2, 0.25) is 0 Å². The standard InChI is InChI=1S/C22H22F2N2O3/c1-12(13-4-6-14(28-3)7-5-13)26(2)20-11-29-10-19-21(20)15-8-17(23)18(24)9-16(15)22(27)25-19/h4-9,12,20H,10-11H2,1-3H3,(H,25,27)/t12-,20-/m1/s1/i2+1. The highest BCUT2D eigenvalue weighted by Gasteiger charge is 2.31. The van der Waals surface area contributed by atoms with Crippen LogP contribution >= 0.6 is 0 Å². The van der Waals surface area contributed by atoms with Crippen LogP contribution in [0, 0.1) is 11.6 Å². The Balaban J connectivity index is 1.80. The minimum atomic E-state index is -1.04. The molecule has 0 saturated heterocycles. The van der Waals surface area contributed by atoms with E-state index in [1.807, 2.05) is 31.3 Å². The molecule has 1 aliphatic heterocycles. The summed E-state index contributed by atoms with van der Waals surface area (Å²) in [5, 5.41) is 0.560. The van der Waals surface area contributed by atoms with Crippen LogP contribution in [-0.2, 0) is 11.3 Å². The van der Waals surface area contributed by atoms with Crippen molar-refractivity contribution < 1.29 is 18.3 Å². The Morgan fingerprint density at radius 1 is 1.17 bits per heavy atom. The summed E-state index contributed by atoms with van der Waals surface area (Å²) in [6.07, 6.45) is 0. The summed E-state index contributed by atoms with van der Waals surface area (Å²) in [5.74, 6) is -1.23. The second-order valence-corrected chi connectivity index (χ2v) is 7.30. The molecule has 3 aromatic rings. The number of fused-ring (bicyclic) bond motifs is 3. The van der Waals surface area contributed by atoms with Crippen LogP contribution in [0.1, 0.15) is 35.8 Å². The van der Waals surface area contributed by atoms with Crippen LogP contribution in [0.15, 0.2) is 41.2 Å². The Labute approximate surface area is 166 Å². The highest BCUT2D eigenvalue weighted by Crippen LogP contribution is 2.37. The monoisotopic (exact) mass is 401 g/mol. The number of methoxy groups -OCH3 is 1. The zero-order valence-electron chi connectivity index (χ0n) is 16.5. The van der Waals surface area contributed by atoms with Crippen molar-refractivity contribution >= 4 is 10.8 Å². The van der Waals surface area contributed by atoms with Crippen LogP contribution in [0.25, 0.3) is 10.8 Å². The van der Waals surface area contributed by atoms with E-state index in [-0.39, 0.29) is 24.1 Å². The van der Waals surface area contributed by atoms with Crippen LogP contribution in [0.4, 0.5) is 8.78 Å². The number of H-pyrrole nitrogens is 1. The summed E-state index contributed by atoms with van der Waals surface area (Å²) in [6.45, 7) is 2.66. The van der Waals surface area contributed by atoms with Crippen molar-refractivity contribution in [3.63, 3.8) is 0 Å². The largest absolute Gasteiger partial charge is 0.497 e. The van der Waals surface area contributed by atoms with Gasteiger partial charge in [-0.25, -0.2) is 8.78 Å². The number of rotatable bonds is 4. The van der Waals surface area contributed by atoms with Gasteiger partial charge in [-0.3, -0.25) is 9.69 Å². The summed E-state index contributed by atoms with van der Waals surface area (Å²) in [4.78, 5) is 17.3. The minimum Gasteiger partial charge on any atom is -0.497 e. The Bertz CT molecular complexity index is 1110. The molecule has 0 radical (unpaired) electrons. The molecule has 1 N–H and O–H groups in total. The number of nitrogens with zero attached hydrogens (tertiary/aromatic N) is 1. The Morgan fingerprint density at radius 3 is 2.48 bits per heavy atom. The molecule has 2 atom stereocenters. The lowest BCUT2D eigenvalue weighted by Crippen LogP contribution is -2.35. The number of benzene rings is 2. The lowest BCUT2D eigenvalue weighted by Gasteiger charge is -2.37. The first-order valence-electron chi connectivity index (χ1n) is 9.38. The fourth-order valence-electron chi connectivity index (χ4n) is 3.95. The van der Waals surface area contributed by atoms with Crippen molar-refractivity contribution in [3.05, 3.63) is 75.2 Å². The van der Waals surface area contributed by atoms with Crippen LogP contribution in [0.3, 0.4) is 0 Å². The van der Waals surface area contributed by atoms with Gasteiger partial charge in [0.15, 0.2) is 11.6 Å². The number of hydrogen-bond acceptors (Lipinski definition) is 4. The van der Waals surface area contributed by atoms with E-state index in [1.54, 1.807) is 7.11 Å². The van der Waals surface area contributed by atoms with Crippen molar-refractivity contribution in [1.29, 1.82) is 0 Å². The second-order valence-electron chi connectivity index (χ2n) is 7.30. The molecular weight excluding hydrogens is 379 g/mol. The van der Waals surface area contributed by atoms with E-state index in [0.717, 1.165) is 29.0 Å². The van der Waals surface area contributed by atoms with Gasteiger partial charge in [0.25, 0.3) is 5.56 Å². The van der Waals surface area contributed by atoms with E-state index >= 15 is 0 Å². The van der Waals surface area contributed by atoms with Gasteiger partial charge in [0.2, 0.25) is 0 Å². The average Bonchev–Trinajstić information content (AvgIpc) is 2.73. The van der Waals surface area contributed by atoms with E-state index in [0.29, 0.717) is 17.7 Å². The first-order valence-corrected chi connectivity index (χ1v) is 9.38. The quantitative estimate of drug-likeness (QED) is 0.670. The molecule has 1 aliphatic rings. The number of ether oxygens (including phenoxy) is 2. The Morgan fingerprint density at radius 2 is 1.83 bits per heavy atom. The lowest BCUT2D eigenvalue weighted by atomic mass is 9.94. The lowest BCUT2D eigenvalue weighted by molar-refractivity contribution is 0.0271. The van der Waals surface area contributed by atoms with E-state index in [2.05, 4.69) is 16.8 Å². The molecule has 0 aliphatic carbocycles. The molecule has 152 valence electrons. The van der Waals surface area contributed by atoms with Crippen molar-refractivity contribution in [1.82, 2.24) is 9.88 Å². The molecule has 2 aromatic carbocycles. The maximum absolute atomic E-state index is 14.0. The predicted molar refractivity (Wildman–Crippen MR) is 106 cm³/mol. The van der Waals surface area contributed by atoms with Crippen LogP contribution < -0.4 is 10.3 Å². The van der Waals surface area contributed by atoms with Crippen molar-refractivity contribution in [2.45, 2.75) is 25.6 Å². The molecule has 0 unspecified atom stereocenters. The van der Waals surface area contributed by atoms with Crippen LogP contribution in [-0.4, -0.2) is 30.6 Å². The van der Waals surface area contributed by atoms with Gasteiger partial charge in [0.05, 0.1) is 31.8 Å². The van der Waals surface area contributed by atoms with E-state index in [9.17, 15) is 13.6 Å². The normalized spacial score (nSPS) is 17.4. The molecule has 0 spiro atoms. The molecule has 29 heavy (non-hydrogen) atoms. The molecule has 0 saturated carbocycles. The molecular formula is C22H22F2N2O3. The highest BCUT2D eigenvalue weighted by atomic mass is 19.2. The maximum atomic E-state index is 14.0. The van der Waals surface area contributed by atoms with Crippen molar-refractivity contribution in [2.24, 2.45) is 0 Å². The fourth-order valence-corrected chi connectivity index (χ4v) is 3.95. The SMILES string of the molecule is COc1ccc([C@@H](C)N([13CH3])[C@@H]2COCc3[nH]c(=O)c4cc(F)c(F)cc4c32)cc1. The third kappa shape index (κ3) is 3.41. The van der Waals surface area contributed by atoms with E-state index in [1.165, 1.54) is 0 Å². The van der Waals surface area contributed by atoms with Gasteiger partial charge < -0.3 is 14.5 Å². The number of halogens is 2. The summed E-state index contributed by atoms with van der Waals surface area (Å²) >= 11 is 0. The van der Waals surface area contributed by atoms with Gasteiger partial charge in [-0.2, -0.15) is 0 Å². The molecule has 2 heterocycles. The molecule has 7 heteroatoms. The summed E-state index contributed by atoms with van der Waals surface area (Å²) < 4.78 is 38.7. The van der Waals surface area contributed by atoms with Gasteiger partial charge in [-0.1, -0.05) is 12.1 Å². The van der Waals surface area contributed by atoms with E-state index < -0.39 is 17.2 Å². The summed E-state index contributed by atoms with van der Waals surface area (Å²) in [6, 6.07) is 9.63. The third-order valence-electron chi connectivity index (χ3n) is 5.74. The number of pyridine rings is 1. The summed E-state index contributed by atoms with van der Waals surface area (Å²) in [7, 11) is 3.57. The number of aromatic amines is 1. The summed E-state index contributed by atoms with van der Waals surface area (Å²) in [5.41, 5.74) is 1.99. The number of hydrogen-bond donors (Lipinski definition) is 1. The Kier molecular flexibility index (Phi) is 5.10. The first-order chi connectivity index (χ1) is 13.9. The first kappa shape index (κ1) is 19.5. The van der Waals surface area contributed by atoms with Crippen molar-refractivity contribution in [3.8, 4) is 5.75 Å². The molecule has 0 fully saturated rings.